The predicted octanol–water partition coefficient (Wildman–Crippen LogP) is 1.77. The number of carboxylic acid groups (broad SMARTS) is 1. The van der Waals surface area contributed by atoms with E-state index in [1.807, 2.05) is 0 Å². The highest BCUT2D eigenvalue weighted by Crippen LogP contribution is 2.15. The Morgan fingerprint density at radius 3 is 2.83 bits per heavy atom. The molecule has 0 spiro atoms. The van der Waals surface area contributed by atoms with Crippen molar-refractivity contribution in [3.63, 3.8) is 0 Å². The van der Waals surface area contributed by atoms with Crippen LogP contribution in [-0.2, 0) is 4.74 Å². The lowest BCUT2D eigenvalue weighted by Gasteiger charge is -2.10. The Balaban J connectivity index is 2.38. The highest BCUT2D eigenvalue weighted by Gasteiger charge is 2.27. The molecule has 0 amide bonds. The number of ether oxygens (including phenoxy) is 1. The van der Waals surface area contributed by atoms with Crippen molar-refractivity contribution in [2.45, 2.75) is 6.18 Å². The molecular formula is C10H11F3N2O3. The van der Waals surface area contributed by atoms with Gasteiger partial charge in [0.2, 0.25) is 0 Å². The van der Waals surface area contributed by atoms with Crippen LogP contribution in [0.15, 0.2) is 18.5 Å². The molecule has 1 aromatic rings. The molecule has 0 radical (unpaired) electrons. The van der Waals surface area contributed by atoms with Gasteiger partial charge in [0.05, 0.1) is 12.3 Å². The van der Waals surface area contributed by atoms with Gasteiger partial charge in [-0.05, 0) is 6.07 Å². The van der Waals surface area contributed by atoms with Gasteiger partial charge in [0.15, 0.2) is 0 Å². The molecule has 0 fully saturated rings. The summed E-state index contributed by atoms with van der Waals surface area (Å²) in [7, 11) is 0. The predicted molar refractivity (Wildman–Crippen MR) is 56.6 cm³/mol. The van der Waals surface area contributed by atoms with E-state index in [9.17, 15) is 18.0 Å². The van der Waals surface area contributed by atoms with Crippen LogP contribution in [0.2, 0.25) is 0 Å². The summed E-state index contributed by atoms with van der Waals surface area (Å²) in [5.74, 6) is -1.16. The number of alkyl halides is 3. The summed E-state index contributed by atoms with van der Waals surface area (Å²) in [5.41, 5.74) is 0.237. The molecule has 2 N–H and O–H groups in total. The molecule has 1 aromatic heterocycles. The fraction of sp³-hybridized carbons (Fsp3) is 0.400. The third kappa shape index (κ3) is 5.00. The molecule has 0 saturated carbocycles. The zero-order valence-corrected chi connectivity index (χ0v) is 9.20. The number of pyridine rings is 1. The fourth-order valence-electron chi connectivity index (χ4n) is 1.16. The van der Waals surface area contributed by atoms with Gasteiger partial charge in [-0.15, -0.1) is 0 Å². The monoisotopic (exact) mass is 264 g/mol. The number of halogens is 3. The Labute approximate surface area is 101 Å². The van der Waals surface area contributed by atoms with Crippen molar-refractivity contribution in [2.24, 2.45) is 0 Å². The standard InChI is InChI=1S/C10H11F3N2O3/c11-10(12,13)6-18-4-3-15-8-1-2-14-5-7(8)9(16)17/h1-2,5H,3-4,6H2,(H,14,15)(H,16,17). The molecule has 0 aromatic carbocycles. The first-order valence-corrected chi connectivity index (χ1v) is 4.96. The number of aromatic nitrogens is 1. The molecule has 100 valence electrons. The number of nitrogens with one attached hydrogen (secondary N) is 1. The number of carboxylic acids is 1. The Hall–Kier alpha value is -1.83. The topological polar surface area (TPSA) is 71.5 Å². The minimum atomic E-state index is -4.36. The van der Waals surface area contributed by atoms with E-state index in [0.717, 1.165) is 6.20 Å². The van der Waals surface area contributed by atoms with Gasteiger partial charge >= 0.3 is 12.1 Å². The molecule has 0 aliphatic heterocycles. The second-order valence-corrected chi connectivity index (χ2v) is 3.32. The number of rotatable bonds is 6. The molecule has 0 aliphatic carbocycles. The van der Waals surface area contributed by atoms with Gasteiger partial charge in [0.1, 0.15) is 12.2 Å². The summed E-state index contributed by atoms with van der Waals surface area (Å²) in [6, 6.07) is 1.42. The van der Waals surface area contributed by atoms with E-state index in [1.54, 1.807) is 0 Å². The van der Waals surface area contributed by atoms with E-state index < -0.39 is 18.8 Å². The minimum Gasteiger partial charge on any atom is -0.478 e. The smallest absolute Gasteiger partial charge is 0.411 e. The van der Waals surface area contributed by atoms with Crippen molar-refractivity contribution < 1.29 is 27.8 Å². The Kier molecular flexibility index (Phi) is 4.90. The van der Waals surface area contributed by atoms with E-state index in [2.05, 4.69) is 15.0 Å². The molecule has 0 atom stereocenters. The van der Waals surface area contributed by atoms with Crippen LogP contribution in [0, 0.1) is 0 Å². The zero-order chi connectivity index (χ0) is 13.6. The first-order chi connectivity index (χ1) is 8.40. The van der Waals surface area contributed by atoms with Gasteiger partial charge in [-0.3, -0.25) is 4.98 Å². The van der Waals surface area contributed by atoms with Crippen molar-refractivity contribution in [2.75, 3.05) is 25.1 Å². The lowest BCUT2D eigenvalue weighted by molar-refractivity contribution is -0.172. The highest BCUT2D eigenvalue weighted by molar-refractivity contribution is 5.93. The number of nitrogens with zero attached hydrogens (tertiary/aromatic N) is 1. The molecule has 0 bridgehead atoms. The third-order valence-corrected chi connectivity index (χ3v) is 1.88. The quantitative estimate of drug-likeness (QED) is 0.766. The van der Waals surface area contributed by atoms with Gasteiger partial charge in [0.25, 0.3) is 0 Å². The molecule has 0 saturated heterocycles. The SMILES string of the molecule is O=C(O)c1cnccc1NCCOCC(F)(F)F. The van der Waals surface area contributed by atoms with Gasteiger partial charge in [-0.2, -0.15) is 13.2 Å². The maximum Gasteiger partial charge on any atom is 0.411 e. The number of aromatic carboxylic acids is 1. The van der Waals surface area contributed by atoms with Gasteiger partial charge in [0, 0.05) is 18.9 Å². The lowest BCUT2D eigenvalue weighted by Crippen LogP contribution is -2.20. The molecule has 0 aliphatic rings. The van der Waals surface area contributed by atoms with E-state index in [4.69, 9.17) is 5.11 Å². The summed E-state index contributed by atoms with van der Waals surface area (Å²) >= 11 is 0. The molecule has 1 heterocycles. The molecule has 8 heteroatoms. The summed E-state index contributed by atoms with van der Waals surface area (Å²) in [5, 5.41) is 11.5. The first kappa shape index (κ1) is 14.2. The third-order valence-electron chi connectivity index (χ3n) is 1.88. The molecular weight excluding hydrogens is 253 g/mol. The van der Waals surface area contributed by atoms with E-state index in [-0.39, 0.29) is 24.4 Å². The summed E-state index contributed by atoms with van der Waals surface area (Å²) in [6.07, 6.45) is -1.82. The van der Waals surface area contributed by atoms with Crippen molar-refractivity contribution in [3.05, 3.63) is 24.0 Å². The number of carbonyl (C=O) groups is 1. The second kappa shape index (κ2) is 6.20. The second-order valence-electron chi connectivity index (χ2n) is 3.32. The van der Waals surface area contributed by atoms with E-state index >= 15 is 0 Å². The average Bonchev–Trinajstić information content (AvgIpc) is 2.27. The minimum absolute atomic E-state index is 0.0479. The van der Waals surface area contributed by atoms with Crippen molar-refractivity contribution in [1.29, 1.82) is 0 Å². The Morgan fingerprint density at radius 2 is 2.22 bits per heavy atom. The summed E-state index contributed by atoms with van der Waals surface area (Å²) in [4.78, 5) is 14.4. The number of anilines is 1. The molecule has 1 rings (SSSR count). The maximum absolute atomic E-state index is 11.7. The average molecular weight is 264 g/mol. The zero-order valence-electron chi connectivity index (χ0n) is 9.20. The van der Waals surface area contributed by atoms with E-state index in [0.29, 0.717) is 0 Å². The maximum atomic E-state index is 11.7. The van der Waals surface area contributed by atoms with Crippen LogP contribution in [0.3, 0.4) is 0 Å². The van der Waals surface area contributed by atoms with Crippen LogP contribution in [0.5, 0.6) is 0 Å². The van der Waals surface area contributed by atoms with Crippen LogP contribution in [0.1, 0.15) is 10.4 Å². The van der Waals surface area contributed by atoms with Crippen LogP contribution in [0.25, 0.3) is 0 Å². The first-order valence-electron chi connectivity index (χ1n) is 4.96. The molecule has 18 heavy (non-hydrogen) atoms. The van der Waals surface area contributed by atoms with Gasteiger partial charge in [-0.25, -0.2) is 4.79 Å². The molecule has 0 unspecified atom stereocenters. The Morgan fingerprint density at radius 1 is 1.50 bits per heavy atom. The van der Waals surface area contributed by atoms with Crippen molar-refractivity contribution in [3.8, 4) is 0 Å². The number of hydrogen-bond acceptors (Lipinski definition) is 4. The normalized spacial score (nSPS) is 11.3. The van der Waals surface area contributed by atoms with Gasteiger partial charge < -0.3 is 15.2 Å². The number of hydrogen-bond donors (Lipinski definition) is 2. The fourth-order valence-corrected chi connectivity index (χ4v) is 1.16. The summed E-state index contributed by atoms with van der Waals surface area (Å²) in [6.45, 7) is -1.43. The lowest BCUT2D eigenvalue weighted by atomic mass is 10.2. The Bertz CT molecular complexity index is 410. The van der Waals surface area contributed by atoms with Crippen LogP contribution >= 0.6 is 0 Å². The van der Waals surface area contributed by atoms with Crippen molar-refractivity contribution in [1.82, 2.24) is 4.98 Å². The summed E-state index contributed by atoms with van der Waals surface area (Å²) < 4.78 is 39.6. The van der Waals surface area contributed by atoms with Crippen LogP contribution in [-0.4, -0.2) is 42.0 Å². The highest BCUT2D eigenvalue weighted by atomic mass is 19.4. The van der Waals surface area contributed by atoms with Crippen LogP contribution < -0.4 is 5.32 Å². The van der Waals surface area contributed by atoms with Crippen molar-refractivity contribution >= 4 is 11.7 Å². The van der Waals surface area contributed by atoms with E-state index in [1.165, 1.54) is 12.3 Å². The molecule has 5 nitrogen and oxygen atoms in total. The largest absolute Gasteiger partial charge is 0.478 e. The van der Waals surface area contributed by atoms with Gasteiger partial charge in [-0.1, -0.05) is 0 Å². The van der Waals surface area contributed by atoms with Crippen LogP contribution in [0.4, 0.5) is 18.9 Å².